The van der Waals surface area contributed by atoms with Gasteiger partial charge in [-0.2, -0.15) is 0 Å². The lowest BCUT2D eigenvalue weighted by atomic mass is 10.2. The third-order valence-corrected chi connectivity index (χ3v) is 2.01. The number of aliphatic hydroxyl groups excluding tert-OH is 2. The summed E-state index contributed by atoms with van der Waals surface area (Å²) in [7, 11) is 0. The molecule has 1 rings (SSSR count). The van der Waals surface area contributed by atoms with E-state index in [0.717, 1.165) is 19.3 Å². The summed E-state index contributed by atoms with van der Waals surface area (Å²) in [5, 5.41) is 18.5. The molecule has 1 aliphatic heterocycles. The summed E-state index contributed by atoms with van der Waals surface area (Å²) in [6.45, 7) is 0.847. The van der Waals surface area contributed by atoms with Crippen molar-refractivity contribution in [3.05, 3.63) is 0 Å². The van der Waals surface area contributed by atoms with Crippen LogP contribution in [0.25, 0.3) is 0 Å². The van der Waals surface area contributed by atoms with Crippen molar-refractivity contribution in [2.45, 2.75) is 25.5 Å². The Morgan fingerprint density at radius 1 is 1.13 bits per heavy atom. The first-order valence-electron chi connectivity index (χ1n) is 5.27. The molecule has 0 aromatic rings. The fraction of sp³-hybridized carbons (Fsp3) is 1.00. The molecule has 6 heteroatoms. The summed E-state index contributed by atoms with van der Waals surface area (Å²) in [6, 6.07) is 0. The molecule has 0 aromatic carbocycles. The quantitative estimate of drug-likeness (QED) is 0.573. The Bertz CT molecular complexity index is 143. The van der Waals surface area contributed by atoms with Crippen LogP contribution in [0.1, 0.15) is 19.3 Å². The molecule has 1 saturated heterocycles. The first-order valence-corrected chi connectivity index (χ1v) is 5.27. The van der Waals surface area contributed by atoms with Crippen LogP contribution in [-0.4, -0.2) is 54.7 Å². The second kappa shape index (κ2) is 7.98. The number of nitrogens with zero attached hydrogens (tertiary/aromatic N) is 1. The predicted octanol–water partition coefficient (Wildman–Crippen LogP) is -0.337. The molecule has 1 fully saturated rings. The van der Waals surface area contributed by atoms with E-state index in [4.69, 9.17) is 24.6 Å². The predicted molar refractivity (Wildman–Crippen MR) is 51.5 cm³/mol. The normalized spacial score (nSPS) is 22.2. The Morgan fingerprint density at radius 3 is 2.27 bits per heavy atom. The van der Waals surface area contributed by atoms with Gasteiger partial charge in [-0.15, -0.1) is 0 Å². The molecule has 6 nitrogen and oxygen atoms in total. The maximum absolute atomic E-state index is 8.64. The monoisotopic (exact) mass is 221 g/mol. The summed E-state index contributed by atoms with van der Waals surface area (Å²) < 4.78 is 5.45. The Labute approximate surface area is 89.2 Å². The van der Waals surface area contributed by atoms with Crippen molar-refractivity contribution < 1.29 is 24.6 Å². The van der Waals surface area contributed by atoms with Gasteiger partial charge in [0.15, 0.2) is 6.23 Å². The minimum absolute atomic E-state index is 0.0777. The average molecular weight is 221 g/mol. The first-order chi connectivity index (χ1) is 7.38. The molecule has 0 aromatic heterocycles. The maximum Gasteiger partial charge on any atom is 0.160 e. The molecule has 1 heterocycles. The van der Waals surface area contributed by atoms with Crippen LogP contribution < -0.4 is 0 Å². The van der Waals surface area contributed by atoms with Gasteiger partial charge in [-0.05, 0) is 24.5 Å². The van der Waals surface area contributed by atoms with Gasteiger partial charge in [-0.25, -0.2) is 0 Å². The summed E-state index contributed by atoms with van der Waals surface area (Å²) in [6.07, 6.45) is 2.70. The van der Waals surface area contributed by atoms with Crippen molar-refractivity contribution in [3.63, 3.8) is 0 Å². The van der Waals surface area contributed by atoms with Crippen LogP contribution in [0.4, 0.5) is 0 Å². The van der Waals surface area contributed by atoms with Gasteiger partial charge in [-0.3, -0.25) is 9.68 Å². The average Bonchev–Trinajstić information content (AvgIpc) is 2.30. The summed E-state index contributed by atoms with van der Waals surface area (Å²) >= 11 is 0. The van der Waals surface area contributed by atoms with E-state index in [9.17, 15) is 0 Å². The lowest BCUT2D eigenvalue weighted by molar-refractivity contribution is -0.429. The van der Waals surface area contributed by atoms with E-state index in [0.29, 0.717) is 6.61 Å². The lowest BCUT2D eigenvalue weighted by Gasteiger charge is -2.31. The highest BCUT2D eigenvalue weighted by atomic mass is 17.0. The van der Waals surface area contributed by atoms with Crippen molar-refractivity contribution in [2.24, 2.45) is 0 Å². The van der Waals surface area contributed by atoms with Gasteiger partial charge in [-0.1, -0.05) is 0 Å². The van der Waals surface area contributed by atoms with Gasteiger partial charge in [0.1, 0.15) is 0 Å². The van der Waals surface area contributed by atoms with Crippen molar-refractivity contribution in [2.75, 3.05) is 33.0 Å². The number of rotatable bonds is 7. The number of hydrogen-bond donors (Lipinski definition) is 2. The zero-order chi connectivity index (χ0) is 10.9. The van der Waals surface area contributed by atoms with E-state index in [1.165, 1.54) is 5.23 Å². The minimum Gasteiger partial charge on any atom is -0.394 e. The van der Waals surface area contributed by atoms with Crippen LogP contribution >= 0.6 is 0 Å². The Balaban J connectivity index is 2.30. The highest BCUT2D eigenvalue weighted by molar-refractivity contribution is 4.56. The van der Waals surface area contributed by atoms with Gasteiger partial charge in [0, 0.05) is 6.61 Å². The fourth-order valence-electron chi connectivity index (χ4n) is 1.36. The topological polar surface area (TPSA) is 71.4 Å². The van der Waals surface area contributed by atoms with Crippen molar-refractivity contribution in [1.82, 2.24) is 5.23 Å². The van der Waals surface area contributed by atoms with E-state index in [1.807, 2.05) is 0 Å². The van der Waals surface area contributed by atoms with E-state index >= 15 is 0 Å². The highest BCUT2D eigenvalue weighted by Crippen LogP contribution is 2.17. The second-order valence-electron chi connectivity index (χ2n) is 3.22. The van der Waals surface area contributed by atoms with Crippen LogP contribution in [0.2, 0.25) is 0 Å². The molecular formula is C9H19NO5. The number of hydroxylamine groups is 2. The van der Waals surface area contributed by atoms with Crippen LogP contribution in [0, 0.1) is 0 Å². The first kappa shape index (κ1) is 12.8. The molecule has 2 N–H and O–H groups in total. The second-order valence-corrected chi connectivity index (χ2v) is 3.22. The van der Waals surface area contributed by atoms with Gasteiger partial charge >= 0.3 is 0 Å². The standard InChI is InChI=1S/C9H19NO5/c11-4-7-14-10(15-8-5-12)9-3-1-2-6-13-9/h9,11-12H,1-8H2. The van der Waals surface area contributed by atoms with Crippen molar-refractivity contribution in [3.8, 4) is 0 Å². The largest absolute Gasteiger partial charge is 0.394 e. The van der Waals surface area contributed by atoms with E-state index in [2.05, 4.69) is 0 Å². The third kappa shape index (κ3) is 4.87. The summed E-state index contributed by atoms with van der Waals surface area (Å²) in [5.41, 5.74) is 0. The Hall–Kier alpha value is -0.240. The number of ether oxygens (including phenoxy) is 1. The summed E-state index contributed by atoms with van der Waals surface area (Å²) in [4.78, 5) is 10.3. The molecule has 0 saturated carbocycles. The molecule has 1 atom stereocenters. The van der Waals surface area contributed by atoms with E-state index in [1.54, 1.807) is 0 Å². The van der Waals surface area contributed by atoms with Gasteiger partial charge in [0.05, 0.1) is 26.4 Å². The molecule has 0 bridgehead atoms. The molecule has 0 aliphatic carbocycles. The maximum atomic E-state index is 8.64. The van der Waals surface area contributed by atoms with E-state index < -0.39 is 0 Å². The van der Waals surface area contributed by atoms with Crippen LogP contribution in [0.15, 0.2) is 0 Å². The molecule has 90 valence electrons. The SMILES string of the molecule is OCCON(OCCO)C1CCCCO1. The number of hydrogen-bond acceptors (Lipinski definition) is 6. The molecule has 1 unspecified atom stereocenters. The minimum atomic E-state index is -0.239. The Kier molecular flexibility index (Phi) is 6.82. The molecule has 15 heavy (non-hydrogen) atoms. The lowest BCUT2D eigenvalue weighted by Crippen LogP contribution is -2.40. The van der Waals surface area contributed by atoms with Crippen LogP contribution in [0.3, 0.4) is 0 Å². The molecule has 0 spiro atoms. The fourth-order valence-corrected chi connectivity index (χ4v) is 1.36. The van der Waals surface area contributed by atoms with Gasteiger partial charge < -0.3 is 14.9 Å². The van der Waals surface area contributed by atoms with Gasteiger partial charge in [0.2, 0.25) is 0 Å². The van der Waals surface area contributed by atoms with Crippen molar-refractivity contribution >= 4 is 0 Å². The third-order valence-electron chi connectivity index (χ3n) is 2.01. The smallest absolute Gasteiger partial charge is 0.160 e. The molecule has 1 aliphatic rings. The summed E-state index contributed by atoms with van der Waals surface area (Å²) in [5.74, 6) is 0. The number of aliphatic hydroxyl groups is 2. The Morgan fingerprint density at radius 2 is 1.80 bits per heavy atom. The van der Waals surface area contributed by atoms with E-state index in [-0.39, 0.29) is 32.7 Å². The van der Waals surface area contributed by atoms with Crippen LogP contribution in [-0.2, 0) is 14.4 Å². The molecule has 0 radical (unpaired) electrons. The zero-order valence-electron chi connectivity index (χ0n) is 8.80. The molecule has 0 amide bonds. The van der Waals surface area contributed by atoms with Crippen LogP contribution in [0.5, 0.6) is 0 Å². The zero-order valence-corrected chi connectivity index (χ0v) is 8.80. The molecular weight excluding hydrogens is 202 g/mol. The van der Waals surface area contributed by atoms with Gasteiger partial charge in [0.25, 0.3) is 0 Å². The van der Waals surface area contributed by atoms with Crippen molar-refractivity contribution in [1.29, 1.82) is 0 Å². The highest BCUT2D eigenvalue weighted by Gasteiger charge is 2.23.